The van der Waals surface area contributed by atoms with Crippen molar-refractivity contribution in [3.63, 3.8) is 0 Å². The lowest BCUT2D eigenvalue weighted by Crippen LogP contribution is -2.20. The minimum absolute atomic E-state index is 0.446. The Balaban J connectivity index is 2.14. The fourth-order valence-electron chi connectivity index (χ4n) is 2.22. The summed E-state index contributed by atoms with van der Waals surface area (Å²) in [6, 6.07) is 5.82. The molecule has 1 aromatic carbocycles. The first-order chi connectivity index (χ1) is 8.66. The first-order valence-corrected chi connectivity index (χ1v) is 5.97. The first kappa shape index (κ1) is 12.4. The van der Waals surface area contributed by atoms with Gasteiger partial charge in [0.05, 0.1) is 5.97 Å². The predicted octanol–water partition coefficient (Wildman–Crippen LogP) is 0.810. The molecule has 0 radical (unpaired) electrons. The monoisotopic (exact) mass is 244 g/mol. The van der Waals surface area contributed by atoms with Gasteiger partial charge in [-0.05, 0) is 49.0 Å². The molecule has 0 fully saturated rings. The average Bonchev–Trinajstić information content (AvgIpc) is 2.37. The molecule has 1 N–H and O–H groups in total. The molecule has 0 spiro atoms. The van der Waals surface area contributed by atoms with Gasteiger partial charge in [0.2, 0.25) is 5.91 Å². The van der Waals surface area contributed by atoms with Crippen LogP contribution in [0.15, 0.2) is 30.4 Å². The number of anilines is 1. The van der Waals surface area contributed by atoms with Gasteiger partial charge in [0.15, 0.2) is 0 Å². The van der Waals surface area contributed by atoms with E-state index in [4.69, 9.17) is 0 Å². The number of aliphatic carboxylic acids is 1. The minimum atomic E-state index is -1.37. The lowest BCUT2D eigenvalue weighted by atomic mass is 9.90. The van der Waals surface area contributed by atoms with E-state index in [-0.39, 0.29) is 0 Å². The lowest BCUT2D eigenvalue weighted by Gasteiger charge is -2.19. The number of rotatable bonds is 3. The summed E-state index contributed by atoms with van der Waals surface area (Å²) in [5, 5.41) is 12.9. The maximum Gasteiger partial charge on any atom is 0.248 e. The van der Waals surface area contributed by atoms with Crippen molar-refractivity contribution in [2.24, 2.45) is 0 Å². The average molecular weight is 244 g/mol. The zero-order valence-electron chi connectivity index (χ0n) is 9.94. The molecule has 0 aromatic heterocycles. The van der Waals surface area contributed by atoms with E-state index < -0.39 is 11.9 Å². The number of aryl methyl sites for hydroxylation is 1. The normalized spacial score (nSPS) is 14.2. The number of nitrogens with one attached hydrogen (secondary N) is 1. The second-order valence-electron chi connectivity index (χ2n) is 4.29. The van der Waals surface area contributed by atoms with E-state index in [0.717, 1.165) is 37.1 Å². The molecule has 4 heteroatoms. The van der Waals surface area contributed by atoms with Gasteiger partial charge in [-0.25, -0.2) is 0 Å². The van der Waals surface area contributed by atoms with Crippen molar-refractivity contribution < 1.29 is 14.7 Å². The summed E-state index contributed by atoms with van der Waals surface area (Å²) in [7, 11) is 0. The highest BCUT2D eigenvalue weighted by molar-refractivity contribution is 6.02. The third-order valence-corrected chi connectivity index (χ3v) is 3.02. The van der Waals surface area contributed by atoms with Crippen molar-refractivity contribution in [2.75, 3.05) is 5.32 Å². The smallest absolute Gasteiger partial charge is 0.248 e. The topological polar surface area (TPSA) is 69.2 Å². The first-order valence-electron chi connectivity index (χ1n) is 5.97. The van der Waals surface area contributed by atoms with Crippen molar-refractivity contribution in [3.05, 3.63) is 41.5 Å². The molecule has 4 nitrogen and oxygen atoms in total. The number of hydrogen-bond acceptors (Lipinski definition) is 3. The van der Waals surface area contributed by atoms with Crippen LogP contribution in [0.4, 0.5) is 5.69 Å². The van der Waals surface area contributed by atoms with Crippen LogP contribution in [0.5, 0.6) is 0 Å². The van der Waals surface area contributed by atoms with E-state index in [0.29, 0.717) is 0 Å². The SMILES string of the molecule is O=C([O-])C=CC(=O)Nc1cccc2c1CCCC2. The molecule has 0 saturated carbocycles. The van der Waals surface area contributed by atoms with Crippen molar-refractivity contribution in [2.45, 2.75) is 25.7 Å². The molecule has 0 saturated heterocycles. The Bertz CT molecular complexity index is 506. The van der Waals surface area contributed by atoms with Gasteiger partial charge in [-0.1, -0.05) is 12.1 Å². The minimum Gasteiger partial charge on any atom is -0.545 e. The van der Waals surface area contributed by atoms with Gasteiger partial charge in [-0.3, -0.25) is 4.79 Å². The summed E-state index contributed by atoms with van der Waals surface area (Å²) < 4.78 is 0. The summed E-state index contributed by atoms with van der Waals surface area (Å²) in [6.45, 7) is 0. The van der Waals surface area contributed by atoms with Gasteiger partial charge in [0, 0.05) is 11.8 Å². The van der Waals surface area contributed by atoms with E-state index in [9.17, 15) is 14.7 Å². The number of benzene rings is 1. The number of hydrogen-bond donors (Lipinski definition) is 1. The predicted molar refractivity (Wildman–Crippen MR) is 65.9 cm³/mol. The van der Waals surface area contributed by atoms with Crippen LogP contribution in [0.2, 0.25) is 0 Å². The second-order valence-corrected chi connectivity index (χ2v) is 4.29. The number of fused-ring (bicyclic) bond motifs is 1. The van der Waals surface area contributed by atoms with E-state index in [2.05, 4.69) is 11.4 Å². The van der Waals surface area contributed by atoms with Gasteiger partial charge in [-0.15, -0.1) is 0 Å². The molecule has 2 rings (SSSR count). The molecule has 0 atom stereocenters. The zero-order valence-corrected chi connectivity index (χ0v) is 9.94. The highest BCUT2D eigenvalue weighted by Gasteiger charge is 2.13. The van der Waals surface area contributed by atoms with Crippen molar-refractivity contribution in [1.82, 2.24) is 0 Å². The van der Waals surface area contributed by atoms with E-state index in [1.807, 2.05) is 12.1 Å². The standard InChI is InChI=1S/C14H15NO3/c16-13(8-9-14(17)18)15-12-7-3-5-10-4-1-2-6-11(10)12/h3,5,7-9H,1-2,4,6H2,(H,15,16)(H,17,18)/p-1. The van der Waals surface area contributed by atoms with Gasteiger partial charge in [-0.2, -0.15) is 0 Å². The molecule has 1 aromatic rings. The third-order valence-electron chi connectivity index (χ3n) is 3.02. The molecule has 1 aliphatic rings. The Morgan fingerprint density at radius 3 is 2.72 bits per heavy atom. The van der Waals surface area contributed by atoms with E-state index in [1.165, 1.54) is 17.5 Å². The molecular weight excluding hydrogens is 230 g/mol. The molecule has 18 heavy (non-hydrogen) atoms. The van der Waals surface area contributed by atoms with Crippen LogP contribution in [0.3, 0.4) is 0 Å². The number of carboxylic acid groups (broad SMARTS) is 1. The van der Waals surface area contributed by atoms with Gasteiger partial charge in [0.25, 0.3) is 0 Å². The fraction of sp³-hybridized carbons (Fsp3) is 0.286. The van der Waals surface area contributed by atoms with Crippen LogP contribution >= 0.6 is 0 Å². The Labute approximate surface area is 105 Å². The van der Waals surface area contributed by atoms with Crippen LogP contribution in [0, 0.1) is 0 Å². The van der Waals surface area contributed by atoms with Gasteiger partial charge >= 0.3 is 0 Å². The van der Waals surface area contributed by atoms with Crippen LogP contribution in [0.25, 0.3) is 0 Å². The lowest BCUT2D eigenvalue weighted by molar-refractivity contribution is -0.297. The third kappa shape index (κ3) is 2.97. The Morgan fingerprint density at radius 2 is 1.94 bits per heavy atom. The van der Waals surface area contributed by atoms with Crippen molar-refractivity contribution in [3.8, 4) is 0 Å². The summed E-state index contributed by atoms with van der Waals surface area (Å²) in [5.41, 5.74) is 3.21. The molecular formula is C14H14NO3-. The van der Waals surface area contributed by atoms with Crippen LogP contribution < -0.4 is 10.4 Å². The van der Waals surface area contributed by atoms with E-state index >= 15 is 0 Å². The molecule has 0 aliphatic heterocycles. The molecule has 1 amide bonds. The molecule has 1 aliphatic carbocycles. The summed E-state index contributed by atoms with van der Waals surface area (Å²) >= 11 is 0. The summed E-state index contributed by atoms with van der Waals surface area (Å²) in [6.07, 6.45) is 5.98. The maximum absolute atomic E-state index is 11.5. The largest absolute Gasteiger partial charge is 0.545 e. The molecule has 94 valence electrons. The molecule has 0 heterocycles. The van der Waals surface area contributed by atoms with Gasteiger partial charge < -0.3 is 15.2 Å². The number of carbonyl (C=O) groups excluding carboxylic acids is 2. The van der Waals surface area contributed by atoms with Gasteiger partial charge in [0.1, 0.15) is 0 Å². The second kappa shape index (κ2) is 5.49. The highest BCUT2D eigenvalue weighted by Crippen LogP contribution is 2.27. The molecule has 0 bridgehead atoms. The summed E-state index contributed by atoms with van der Waals surface area (Å²) in [4.78, 5) is 21.7. The number of amides is 1. The number of carboxylic acids is 1. The zero-order chi connectivity index (χ0) is 13.0. The summed E-state index contributed by atoms with van der Waals surface area (Å²) in [5.74, 6) is -1.82. The highest BCUT2D eigenvalue weighted by atomic mass is 16.4. The van der Waals surface area contributed by atoms with Crippen LogP contribution in [-0.2, 0) is 22.4 Å². The number of carbonyl (C=O) groups is 2. The van der Waals surface area contributed by atoms with Crippen LogP contribution in [-0.4, -0.2) is 11.9 Å². The van der Waals surface area contributed by atoms with Crippen molar-refractivity contribution >= 4 is 17.6 Å². The van der Waals surface area contributed by atoms with Crippen molar-refractivity contribution in [1.29, 1.82) is 0 Å². The Hall–Kier alpha value is -2.10. The quantitative estimate of drug-likeness (QED) is 0.800. The fourth-order valence-corrected chi connectivity index (χ4v) is 2.22. The Morgan fingerprint density at radius 1 is 1.17 bits per heavy atom. The van der Waals surface area contributed by atoms with E-state index in [1.54, 1.807) is 0 Å². The Kier molecular flexibility index (Phi) is 3.77. The molecule has 0 unspecified atom stereocenters. The maximum atomic E-state index is 11.5. The van der Waals surface area contributed by atoms with Crippen LogP contribution in [0.1, 0.15) is 24.0 Å².